The molecule has 0 aromatic carbocycles. The zero-order valence-corrected chi connectivity index (χ0v) is 11.5. The Morgan fingerprint density at radius 3 is 2.57 bits per heavy atom. The van der Waals surface area contributed by atoms with E-state index >= 15 is 0 Å². The van der Waals surface area contributed by atoms with Crippen LogP contribution in [0.15, 0.2) is 48.9 Å². The number of hydrogen-bond donors (Lipinski definition) is 0. The van der Waals surface area contributed by atoms with Gasteiger partial charge in [-0.05, 0) is 24.3 Å². The van der Waals surface area contributed by atoms with Crippen LogP contribution >= 0.6 is 0 Å². The standard InChI is InChI=1S/C15H13N5O/c1-20-9-8-17-15(20)14(21)10-11-5-6-13(19-18-11)12-4-2-3-7-16-12/h2-9H,10H2,1H3. The van der Waals surface area contributed by atoms with E-state index in [0.717, 1.165) is 5.69 Å². The molecular formula is C15H13N5O. The maximum Gasteiger partial charge on any atom is 0.204 e. The van der Waals surface area contributed by atoms with Crippen molar-refractivity contribution in [3.05, 3.63) is 60.4 Å². The molecule has 0 aliphatic heterocycles. The first kappa shape index (κ1) is 13.1. The fourth-order valence-electron chi connectivity index (χ4n) is 1.98. The molecule has 0 spiro atoms. The van der Waals surface area contributed by atoms with E-state index in [2.05, 4.69) is 20.2 Å². The summed E-state index contributed by atoms with van der Waals surface area (Å²) in [5.41, 5.74) is 2.05. The third kappa shape index (κ3) is 2.84. The largest absolute Gasteiger partial charge is 0.332 e. The molecule has 0 aliphatic carbocycles. The van der Waals surface area contributed by atoms with Crippen molar-refractivity contribution in [2.45, 2.75) is 6.42 Å². The van der Waals surface area contributed by atoms with Crippen molar-refractivity contribution in [2.24, 2.45) is 7.05 Å². The predicted molar refractivity (Wildman–Crippen MR) is 76.5 cm³/mol. The van der Waals surface area contributed by atoms with Crippen LogP contribution in [0.5, 0.6) is 0 Å². The maximum atomic E-state index is 12.1. The lowest BCUT2D eigenvalue weighted by Crippen LogP contribution is -2.11. The van der Waals surface area contributed by atoms with Crippen LogP contribution in [0.25, 0.3) is 11.4 Å². The van der Waals surface area contributed by atoms with Crippen LogP contribution in [0.3, 0.4) is 0 Å². The second kappa shape index (κ2) is 5.62. The van der Waals surface area contributed by atoms with Gasteiger partial charge in [-0.15, -0.1) is 5.10 Å². The number of carbonyl (C=O) groups is 1. The number of aryl methyl sites for hydroxylation is 1. The molecule has 0 fully saturated rings. The van der Waals surface area contributed by atoms with Crippen LogP contribution in [0.4, 0.5) is 0 Å². The van der Waals surface area contributed by atoms with Gasteiger partial charge in [0.25, 0.3) is 0 Å². The zero-order chi connectivity index (χ0) is 14.7. The Balaban J connectivity index is 1.76. The normalized spacial score (nSPS) is 10.5. The SMILES string of the molecule is Cn1ccnc1C(=O)Cc1ccc(-c2ccccn2)nn1. The highest BCUT2D eigenvalue weighted by molar-refractivity contribution is 5.94. The van der Waals surface area contributed by atoms with E-state index in [-0.39, 0.29) is 12.2 Å². The van der Waals surface area contributed by atoms with E-state index in [4.69, 9.17) is 0 Å². The summed E-state index contributed by atoms with van der Waals surface area (Å²) in [6.07, 6.45) is 5.22. The molecule has 0 aliphatic rings. The third-order valence-electron chi connectivity index (χ3n) is 3.06. The molecule has 0 atom stereocenters. The number of hydrogen-bond acceptors (Lipinski definition) is 5. The van der Waals surface area contributed by atoms with E-state index in [9.17, 15) is 4.79 Å². The highest BCUT2D eigenvalue weighted by Gasteiger charge is 2.13. The molecule has 3 aromatic rings. The Kier molecular flexibility index (Phi) is 3.51. The van der Waals surface area contributed by atoms with Crippen molar-refractivity contribution in [2.75, 3.05) is 0 Å². The summed E-state index contributed by atoms with van der Waals surface area (Å²) in [4.78, 5) is 20.3. The Morgan fingerprint density at radius 2 is 1.95 bits per heavy atom. The quantitative estimate of drug-likeness (QED) is 0.679. The summed E-state index contributed by atoms with van der Waals surface area (Å²) < 4.78 is 1.69. The predicted octanol–water partition coefficient (Wildman–Crippen LogP) is 1.70. The Labute approximate surface area is 121 Å². The minimum atomic E-state index is -0.0811. The van der Waals surface area contributed by atoms with Crippen LogP contribution in [0.2, 0.25) is 0 Å². The lowest BCUT2D eigenvalue weighted by molar-refractivity contribution is 0.0979. The van der Waals surface area contributed by atoms with Gasteiger partial charge in [0, 0.05) is 25.6 Å². The molecule has 104 valence electrons. The molecule has 0 unspecified atom stereocenters. The summed E-state index contributed by atoms with van der Waals surface area (Å²) in [6, 6.07) is 9.20. The molecule has 3 heterocycles. The van der Waals surface area contributed by atoms with E-state index in [1.165, 1.54) is 0 Å². The first-order valence-electron chi connectivity index (χ1n) is 6.48. The molecule has 0 radical (unpaired) electrons. The molecule has 21 heavy (non-hydrogen) atoms. The van der Waals surface area contributed by atoms with Crippen LogP contribution in [0, 0.1) is 0 Å². The molecular weight excluding hydrogens is 266 g/mol. The van der Waals surface area contributed by atoms with E-state index < -0.39 is 0 Å². The number of pyridine rings is 1. The van der Waals surface area contributed by atoms with E-state index in [1.807, 2.05) is 24.3 Å². The Hall–Kier alpha value is -2.89. The van der Waals surface area contributed by atoms with Gasteiger partial charge in [0.1, 0.15) is 5.69 Å². The van der Waals surface area contributed by atoms with Gasteiger partial charge < -0.3 is 4.57 Å². The first-order valence-corrected chi connectivity index (χ1v) is 6.48. The van der Waals surface area contributed by atoms with Crippen molar-refractivity contribution in [3.63, 3.8) is 0 Å². The van der Waals surface area contributed by atoms with Gasteiger partial charge in [-0.2, -0.15) is 5.10 Å². The lowest BCUT2D eigenvalue weighted by Gasteiger charge is -2.02. The maximum absolute atomic E-state index is 12.1. The molecule has 0 amide bonds. The van der Waals surface area contributed by atoms with Gasteiger partial charge in [0.15, 0.2) is 5.82 Å². The van der Waals surface area contributed by atoms with Gasteiger partial charge in [-0.25, -0.2) is 4.98 Å². The Morgan fingerprint density at radius 1 is 1.05 bits per heavy atom. The molecule has 0 N–H and O–H groups in total. The number of carbonyl (C=O) groups excluding carboxylic acids is 1. The molecule has 0 saturated heterocycles. The Bertz CT molecular complexity index is 749. The summed E-state index contributed by atoms with van der Waals surface area (Å²) in [6.45, 7) is 0. The second-order valence-electron chi connectivity index (χ2n) is 4.59. The molecule has 6 nitrogen and oxygen atoms in total. The zero-order valence-electron chi connectivity index (χ0n) is 11.5. The van der Waals surface area contributed by atoms with Crippen molar-refractivity contribution < 1.29 is 4.79 Å². The van der Waals surface area contributed by atoms with Gasteiger partial charge in [0.05, 0.1) is 17.8 Å². The fourth-order valence-corrected chi connectivity index (χ4v) is 1.98. The van der Waals surface area contributed by atoms with Crippen LogP contribution in [-0.2, 0) is 13.5 Å². The summed E-state index contributed by atoms with van der Waals surface area (Å²) in [5.74, 6) is 0.341. The third-order valence-corrected chi connectivity index (χ3v) is 3.06. The minimum Gasteiger partial charge on any atom is -0.332 e. The number of Topliss-reactive ketones (excluding diaryl/α,β-unsaturated/α-hetero) is 1. The van der Waals surface area contributed by atoms with Gasteiger partial charge in [-0.1, -0.05) is 6.07 Å². The summed E-state index contributed by atoms with van der Waals surface area (Å²) in [7, 11) is 1.79. The van der Waals surface area contributed by atoms with Gasteiger partial charge >= 0.3 is 0 Å². The second-order valence-corrected chi connectivity index (χ2v) is 4.59. The van der Waals surface area contributed by atoms with Crippen molar-refractivity contribution in [3.8, 4) is 11.4 Å². The number of nitrogens with zero attached hydrogens (tertiary/aromatic N) is 5. The smallest absolute Gasteiger partial charge is 0.204 e. The van der Waals surface area contributed by atoms with Crippen LogP contribution in [-0.4, -0.2) is 30.5 Å². The van der Waals surface area contributed by atoms with Gasteiger partial charge in [0.2, 0.25) is 5.78 Å². The average molecular weight is 279 g/mol. The van der Waals surface area contributed by atoms with Crippen molar-refractivity contribution in [1.82, 2.24) is 24.7 Å². The van der Waals surface area contributed by atoms with E-state index in [0.29, 0.717) is 17.2 Å². The molecule has 3 rings (SSSR count). The molecule has 3 aromatic heterocycles. The van der Waals surface area contributed by atoms with Crippen LogP contribution < -0.4 is 0 Å². The number of ketones is 1. The van der Waals surface area contributed by atoms with Gasteiger partial charge in [-0.3, -0.25) is 9.78 Å². The summed E-state index contributed by atoms with van der Waals surface area (Å²) >= 11 is 0. The lowest BCUT2D eigenvalue weighted by atomic mass is 10.2. The monoisotopic (exact) mass is 279 g/mol. The van der Waals surface area contributed by atoms with Crippen LogP contribution in [0.1, 0.15) is 16.3 Å². The minimum absolute atomic E-state index is 0.0811. The summed E-state index contributed by atoms with van der Waals surface area (Å²) in [5, 5.41) is 8.20. The van der Waals surface area contributed by atoms with Crippen molar-refractivity contribution >= 4 is 5.78 Å². The number of aromatic nitrogens is 5. The first-order chi connectivity index (χ1) is 10.2. The topological polar surface area (TPSA) is 73.6 Å². The highest BCUT2D eigenvalue weighted by Crippen LogP contribution is 2.12. The highest BCUT2D eigenvalue weighted by atomic mass is 16.1. The van der Waals surface area contributed by atoms with E-state index in [1.54, 1.807) is 36.3 Å². The molecule has 6 heteroatoms. The fraction of sp³-hybridized carbons (Fsp3) is 0.133. The average Bonchev–Trinajstić information content (AvgIpc) is 2.95. The van der Waals surface area contributed by atoms with Crippen molar-refractivity contribution in [1.29, 1.82) is 0 Å². The number of imidazole rings is 1. The number of rotatable bonds is 4. The molecule has 0 saturated carbocycles. The molecule has 0 bridgehead atoms.